The van der Waals surface area contributed by atoms with Crippen molar-refractivity contribution in [2.24, 2.45) is 5.73 Å². The molecular formula is C9H18N2S. The molecule has 0 bridgehead atoms. The van der Waals surface area contributed by atoms with Crippen molar-refractivity contribution in [3.8, 4) is 12.3 Å². The molecule has 0 aliphatic carbocycles. The van der Waals surface area contributed by atoms with Crippen LogP contribution in [0.15, 0.2) is 0 Å². The van der Waals surface area contributed by atoms with Gasteiger partial charge in [0.15, 0.2) is 0 Å². The number of thioether (sulfide) groups is 1. The highest BCUT2D eigenvalue weighted by molar-refractivity contribution is 7.98. The predicted molar refractivity (Wildman–Crippen MR) is 57.3 cm³/mol. The van der Waals surface area contributed by atoms with E-state index >= 15 is 0 Å². The molecule has 1 atom stereocenters. The maximum absolute atomic E-state index is 5.56. The number of terminal acetylenes is 1. The zero-order chi connectivity index (χ0) is 9.23. The van der Waals surface area contributed by atoms with E-state index in [1.54, 1.807) is 0 Å². The first-order valence-corrected chi connectivity index (χ1v) is 5.60. The summed E-state index contributed by atoms with van der Waals surface area (Å²) in [5.74, 6) is 3.75. The molecule has 0 heterocycles. The monoisotopic (exact) mass is 186 g/mol. The van der Waals surface area contributed by atoms with E-state index in [2.05, 4.69) is 17.5 Å². The molecule has 3 heteroatoms. The van der Waals surface area contributed by atoms with E-state index in [-0.39, 0.29) is 0 Å². The van der Waals surface area contributed by atoms with Crippen molar-refractivity contribution < 1.29 is 0 Å². The molecule has 70 valence electrons. The summed E-state index contributed by atoms with van der Waals surface area (Å²) < 4.78 is 0. The standard InChI is InChI=1S/C9H18N2S/c1-3-6-11-9(8-10)5-4-7-12-2/h1,9,11H,4-8,10H2,2H3. The Bertz CT molecular complexity index is 131. The predicted octanol–water partition coefficient (Wildman–Crippen LogP) is 0.680. The summed E-state index contributed by atoms with van der Waals surface area (Å²) in [4.78, 5) is 0. The third-order valence-corrected chi connectivity index (χ3v) is 2.38. The van der Waals surface area contributed by atoms with Crippen molar-refractivity contribution in [1.82, 2.24) is 5.32 Å². The van der Waals surface area contributed by atoms with Crippen LogP contribution in [0.2, 0.25) is 0 Å². The largest absolute Gasteiger partial charge is 0.329 e. The summed E-state index contributed by atoms with van der Waals surface area (Å²) in [5, 5.41) is 3.21. The zero-order valence-corrected chi connectivity index (χ0v) is 8.49. The Hall–Kier alpha value is -0.170. The summed E-state index contributed by atoms with van der Waals surface area (Å²) in [6.07, 6.45) is 9.58. The Morgan fingerprint density at radius 1 is 1.67 bits per heavy atom. The summed E-state index contributed by atoms with van der Waals surface area (Å²) in [5.41, 5.74) is 5.56. The lowest BCUT2D eigenvalue weighted by Gasteiger charge is -2.14. The van der Waals surface area contributed by atoms with Crippen LogP contribution in [0.5, 0.6) is 0 Å². The number of hydrogen-bond donors (Lipinski definition) is 2. The van der Waals surface area contributed by atoms with Crippen molar-refractivity contribution >= 4 is 11.8 Å². The lowest BCUT2D eigenvalue weighted by atomic mass is 10.2. The Balaban J connectivity index is 3.34. The SMILES string of the molecule is C#CCNC(CN)CCCSC. The van der Waals surface area contributed by atoms with Gasteiger partial charge in [0.25, 0.3) is 0 Å². The maximum atomic E-state index is 5.56. The second-order valence-corrected chi connectivity index (χ2v) is 3.64. The minimum Gasteiger partial charge on any atom is -0.329 e. The van der Waals surface area contributed by atoms with E-state index in [1.165, 1.54) is 12.2 Å². The van der Waals surface area contributed by atoms with Crippen LogP contribution in [-0.4, -0.2) is 31.1 Å². The molecule has 0 aromatic carbocycles. The van der Waals surface area contributed by atoms with Crippen LogP contribution in [0.3, 0.4) is 0 Å². The van der Waals surface area contributed by atoms with Crippen LogP contribution in [0.25, 0.3) is 0 Å². The average molecular weight is 186 g/mol. The molecule has 0 radical (unpaired) electrons. The number of nitrogens with one attached hydrogen (secondary N) is 1. The van der Waals surface area contributed by atoms with Gasteiger partial charge in [-0.05, 0) is 24.9 Å². The summed E-state index contributed by atoms with van der Waals surface area (Å²) in [6, 6.07) is 0.396. The first kappa shape index (κ1) is 11.8. The molecule has 0 amide bonds. The van der Waals surface area contributed by atoms with Gasteiger partial charge in [-0.3, -0.25) is 0 Å². The fraction of sp³-hybridized carbons (Fsp3) is 0.778. The van der Waals surface area contributed by atoms with E-state index in [9.17, 15) is 0 Å². The van der Waals surface area contributed by atoms with E-state index in [1.807, 2.05) is 11.8 Å². The molecule has 0 saturated carbocycles. The van der Waals surface area contributed by atoms with Gasteiger partial charge in [-0.2, -0.15) is 11.8 Å². The normalized spacial score (nSPS) is 12.4. The Morgan fingerprint density at radius 2 is 2.42 bits per heavy atom. The molecule has 1 unspecified atom stereocenters. The molecule has 12 heavy (non-hydrogen) atoms. The van der Waals surface area contributed by atoms with Crippen LogP contribution in [0.1, 0.15) is 12.8 Å². The molecule has 0 aliphatic rings. The van der Waals surface area contributed by atoms with Crippen LogP contribution < -0.4 is 11.1 Å². The molecule has 3 N–H and O–H groups in total. The topological polar surface area (TPSA) is 38.0 Å². The maximum Gasteiger partial charge on any atom is 0.0576 e. The summed E-state index contributed by atoms with van der Waals surface area (Å²) in [6.45, 7) is 1.30. The first-order valence-electron chi connectivity index (χ1n) is 4.21. The second kappa shape index (κ2) is 8.92. The van der Waals surface area contributed by atoms with Gasteiger partial charge >= 0.3 is 0 Å². The Kier molecular flexibility index (Phi) is 8.80. The van der Waals surface area contributed by atoms with E-state index < -0.39 is 0 Å². The molecule has 0 aromatic rings. The molecule has 0 spiro atoms. The molecule has 2 nitrogen and oxygen atoms in total. The highest BCUT2D eigenvalue weighted by Crippen LogP contribution is 2.01. The summed E-state index contributed by atoms with van der Waals surface area (Å²) in [7, 11) is 0. The van der Waals surface area contributed by atoms with E-state index in [4.69, 9.17) is 12.2 Å². The molecule has 0 rings (SSSR count). The zero-order valence-electron chi connectivity index (χ0n) is 7.68. The lowest BCUT2D eigenvalue weighted by molar-refractivity contribution is 0.511. The van der Waals surface area contributed by atoms with Crippen LogP contribution in [0.4, 0.5) is 0 Å². The molecule has 0 aliphatic heterocycles. The second-order valence-electron chi connectivity index (χ2n) is 2.65. The van der Waals surface area contributed by atoms with Gasteiger partial charge in [0.1, 0.15) is 0 Å². The average Bonchev–Trinajstić information content (AvgIpc) is 2.11. The fourth-order valence-electron chi connectivity index (χ4n) is 0.981. The molecule has 0 aromatic heterocycles. The quantitative estimate of drug-likeness (QED) is 0.453. The van der Waals surface area contributed by atoms with E-state index in [0.717, 1.165) is 6.42 Å². The Morgan fingerprint density at radius 3 is 2.92 bits per heavy atom. The summed E-state index contributed by atoms with van der Waals surface area (Å²) >= 11 is 1.87. The van der Waals surface area contributed by atoms with Crippen molar-refractivity contribution in [1.29, 1.82) is 0 Å². The smallest absolute Gasteiger partial charge is 0.0576 e. The van der Waals surface area contributed by atoms with E-state index in [0.29, 0.717) is 19.1 Å². The van der Waals surface area contributed by atoms with Gasteiger partial charge in [-0.1, -0.05) is 5.92 Å². The number of rotatable bonds is 7. The van der Waals surface area contributed by atoms with Gasteiger partial charge in [-0.15, -0.1) is 6.42 Å². The highest BCUT2D eigenvalue weighted by atomic mass is 32.2. The number of nitrogens with two attached hydrogens (primary N) is 1. The molecular weight excluding hydrogens is 168 g/mol. The van der Waals surface area contributed by atoms with Gasteiger partial charge in [-0.25, -0.2) is 0 Å². The van der Waals surface area contributed by atoms with Crippen LogP contribution in [-0.2, 0) is 0 Å². The minimum atomic E-state index is 0.396. The van der Waals surface area contributed by atoms with Crippen molar-refractivity contribution in [3.05, 3.63) is 0 Å². The Labute approximate surface area is 79.7 Å². The van der Waals surface area contributed by atoms with Gasteiger partial charge in [0, 0.05) is 12.6 Å². The molecule has 0 fully saturated rings. The van der Waals surface area contributed by atoms with Crippen LogP contribution in [0, 0.1) is 12.3 Å². The van der Waals surface area contributed by atoms with Crippen LogP contribution >= 0.6 is 11.8 Å². The molecule has 0 saturated heterocycles. The lowest BCUT2D eigenvalue weighted by Crippen LogP contribution is -2.36. The number of hydrogen-bond acceptors (Lipinski definition) is 3. The fourth-order valence-corrected chi connectivity index (χ4v) is 1.44. The third kappa shape index (κ3) is 6.53. The van der Waals surface area contributed by atoms with Gasteiger partial charge in [0.2, 0.25) is 0 Å². The first-order chi connectivity index (χ1) is 5.85. The van der Waals surface area contributed by atoms with Crippen molar-refractivity contribution in [2.45, 2.75) is 18.9 Å². The minimum absolute atomic E-state index is 0.396. The van der Waals surface area contributed by atoms with Crippen molar-refractivity contribution in [2.75, 3.05) is 25.1 Å². The van der Waals surface area contributed by atoms with Crippen molar-refractivity contribution in [3.63, 3.8) is 0 Å². The highest BCUT2D eigenvalue weighted by Gasteiger charge is 2.02. The third-order valence-electron chi connectivity index (χ3n) is 1.68. The van der Waals surface area contributed by atoms with Gasteiger partial charge < -0.3 is 11.1 Å². The van der Waals surface area contributed by atoms with Gasteiger partial charge in [0.05, 0.1) is 6.54 Å².